The van der Waals surface area contributed by atoms with E-state index in [1.165, 1.54) is 11.1 Å². The molecule has 0 aliphatic heterocycles. The van der Waals surface area contributed by atoms with Crippen molar-refractivity contribution in [1.29, 1.82) is 0 Å². The number of aryl methyl sites for hydroxylation is 1. The van der Waals surface area contributed by atoms with Gasteiger partial charge in [-0.3, -0.25) is 0 Å². The summed E-state index contributed by atoms with van der Waals surface area (Å²) in [6, 6.07) is 6.23. The van der Waals surface area contributed by atoms with Crippen molar-refractivity contribution in [3.05, 3.63) is 47.5 Å². The van der Waals surface area contributed by atoms with E-state index >= 15 is 0 Å². The van der Waals surface area contributed by atoms with Crippen LogP contribution in [0.25, 0.3) is 0 Å². The highest BCUT2D eigenvalue weighted by Gasteiger charge is 2.06. The second-order valence-electron chi connectivity index (χ2n) is 4.52. The summed E-state index contributed by atoms with van der Waals surface area (Å²) in [5, 5.41) is 1.06. The minimum atomic E-state index is 0.174. The zero-order valence-corrected chi connectivity index (χ0v) is 11.5. The van der Waals surface area contributed by atoms with Crippen molar-refractivity contribution < 1.29 is 4.42 Å². The molecular weight excluding hydrogens is 244 g/mol. The van der Waals surface area contributed by atoms with Gasteiger partial charge in [-0.1, -0.05) is 17.8 Å². The molecule has 2 aromatic heterocycles. The Hall–Kier alpha value is -1.26. The maximum absolute atomic E-state index is 5.79. The lowest BCUT2D eigenvalue weighted by Gasteiger charge is -2.08. The smallest absolute Gasteiger partial charge is 0.114 e. The van der Waals surface area contributed by atoms with Gasteiger partial charge in [0.2, 0.25) is 0 Å². The SMILES string of the molecule is Cc1cc(CC(C)N)cnc1SCc1ccco1. The van der Waals surface area contributed by atoms with Crippen molar-refractivity contribution in [3.8, 4) is 0 Å². The first-order valence-electron chi connectivity index (χ1n) is 6.01. The van der Waals surface area contributed by atoms with Crippen LogP contribution in [0.15, 0.2) is 40.1 Å². The fraction of sp³-hybridized carbons (Fsp3) is 0.357. The van der Waals surface area contributed by atoms with Crippen molar-refractivity contribution in [2.24, 2.45) is 5.73 Å². The number of pyridine rings is 1. The van der Waals surface area contributed by atoms with Gasteiger partial charge in [0.1, 0.15) is 5.76 Å². The predicted molar refractivity (Wildman–Crippen MR) is 74.6 cm³/mol. The maximum Gasteiger partial charge on any atom is 0.114 e. The molecule has 2 heterocycles. The highest BCUT2D eigenvalue weighted by Crippen LogP contribution is 2.24. The van der Waals surface area contributed by atoms with Crippen molar-refractivity contribution in [1.82, 2.24) is 4.98 Å². The van der Waals surface area contributed by atoms with Gasteiger partial charge in [-0.05, 0) is 43.5 Å². The minimum absolute atomic E-state index is 0.174. The highest BCUT2D eigenvalue weighted by molar-refractivity contribution is 7.98. The summed E-state index contributed by atoms with van der Waals surface area (Å²) in [5.41, 5.74) is 8.19. The molecule has 0 radical (unpaired) electrons. The van der Waals surface area contributed by atoms with E-state index in [0.29, 0.717) is 0 Å². The van der Waals surface area contributed by atoms with Crippen LogP contribution in [0.4, 0.5) is 0 Å². The maximum atomic E-state index is 5.79. The molecule has 0 spiro atoms. The first-order valence-corrected chi connectivity index (χ1v) is 7.00. The van der Waals surface area contributed by atoms with Crippen LogP contribution in [-0.2, 0) is 12.2 Å². The highest BCUT2D eigenvalue weighted by atomic mass is 32.2. The predicted octanol–water partition coefficient (Wildman–Crippen LogP) is 3.17. The molecule has 2 N–H and O–H groups in total. The van der Waals surface area contributed by atoms with Gasteiger partial charge in [0.05, 0.1) is 17.0 Å². The molecule has 4 heteroatoms. The van der Waals surface area contributed by atoms with Crippen molar-refractivity contribution >= 4 is 11.8 Å². The van der Waals surface area contributed by atoms with E-state index in [4.69, 9.17) is 10.2 Å². The average molecular weight is 262 g/mol. The molecule has 0 aliphatic carbocycles. The van der Waals surface area contributed by atoms with E-state index in [9.17, 15) is 0 Å². The van der Waals surface area contributed by atoms with Crippen LogP contribution in [0.2, 0.25) is 0 Å². The Bertz CT molecular complexity index is 495. The Labute approximate surface area is 112 Å². The van der Waals surface area contributed by atoms with E-state index in [0.717, 1.165) is 23.0 Å². The molecule has 0 saturated carbocycles. The third-order valence-electron chi connectivity index (χ3n) is 2.58. The topological polar surface area (TPSA) is 52.0 Å². The number of aromatic nitrogens is 1. The molecule has 0 saturated heterocycles. The van der Waals surface area contributed by atoms with E-state index in [1.54, 1.807) is 18.0 Å². The summed E-state index contributed by atoms with van der Waals surface area (Å²) >= 11 is 1.70. The summed E-state index contributed by atoms with van der Waals surface area (Å²) in [7, 11) is 0. The number of hydrogen-bond acceptors (Lipinski definition) is 4. The van der Waals surface area contributed by atoms with Gasteiger partial charge in [0, 0.05) is 12.2 Å². The number of furan rings is 1. The van der Waals surface area contributed by atoms with Crippen molar-refractivity contribution in [3.63, 3.8) is 0 Å². The molecule has 0 aliphatic rings. The fourth-order valence-electron chi connectivity index (χ4n) is 1.79. The summed E-state index contributed by atoms with van der Waals surface area (Å²) in [6.07, 6.45) is 4.49. The van der Waals surface area contributed by atoms with E-state index in [2.05, 4.69) is 18.0 Å². The molecule has 0 amide bonds. The van der Waals surface area contributed by atoms with Gasteiger partial charge >= 0.3 is 0 Å². The van der Waals surface area contributed by atoms with E-state index < -0.39 is 0 Å². The fourth-order valence-corrected chi connectivity index (χ4v) is 2.65. The summed E-state index contributed by atoms with van der Waals surface area (Å²) < 4.78 is 5.31. The lowest BCUT2D eigenvalue weighted by Crippen LogP contribution is -2.17. The Kier molecular flexibility index (Phi) is 4.44. The van der Waals surface area contributed by atoms with Gasteiger partial charge in [-0.2, -0.15) is 0 Å². The van der Waals surface area contributed by atoms with Gasteiger partial charge in [-0.15, -0.1) is 0 Å². The Balaban J connectivity index is 2.01. The molecular formula is C14H18N2OS. The number of hydrogen-bond donors (Lipinski definition) is 1. The monoisotopic (exact) mass is 262 g/mol. The van der Waals surface area contributed by atoms with Crippen LogP contribution >= 0.6 is 11.8 Å². The third-order valence-corrected chi connectivity index (χ3v) is 3.71. The van der Waals surface area contributed by atoms with Gasteiger partial charge in [0.25, 0.3) is 0 Å². The second kappa shape index (κ2) is 6.07. The second-order valence-corrected chi connectivity index (χ2v) is 5.48. The number of rotatable bonds is 5. The normalized spacial score (nSPS) is 12.6. The Morgan fingerprint density at radius 2 is 2.33 bits per heavy atom. The van der Waals surface area contributed by atoms with Crippen LogP contribution in [0.5, 0.6) is 0 Å². The first-order chi connectivity index (χ1) is 8.65. The Morgan fingerprint density at radius 3 is 2.94 bits per heavy atom. The zero-order valence-electron chi connectivity index (χ0n) is 10.7. The Morgan fingerprint density at radius 1 is 1.50 bits per heavy atom. The molecule has 0 fully saturated rings. The van der Waals surface area contributed by atoms with Crippen LogP contribution in [0.1, 0.15) is 23.8 Å². The molecule has 2 aromatic rings. The number of nitrogens with zero attached hydrogens (tertiary/aromatic N) is 1. The molecule has 18 heavy (non-hydrogen) atoms. The van der Waals surface area contributed by atoms with E-state index in [1.807, 2.05) is 25.3 Å². The molecule has 0 bridgehead atoms. The number of thioether (sulfide) groups is 1. The summed E-state index contributed by atoms with van der Waals surface area (Å²) in [4.78, 5) is 4.50. The van der Waals surface area contributed by atoms with E-state index in [-0.39, 0.29) is 6.04 Å². The van der Waals surface area contributed by atoms with Gasteiger partial charge in [0.15, 0.2) is 0 Å². The third kappa shape index (κ3) is 3.62. The molecule has 3 nitrogen and oxygen atoms in total. The molecule has 2 rings (SSSR count). The molecule has 96 valence electrons. The van der Waals surface area contributed by atoms with Crippen LogP contribution in [-0.4, -0.2) is 11.0 Å². The molecule has 1 unspecified atom stereocenters. The lowest BCUT2D eigenvalue weighted by atomic mass is 10.1. The average Bonchev–Trinajstić information content (AvgIpc) is 2.80. The first kappa shape index (κ1) is 13.2. The van der Waals surface area contributed by atoms with Crippen LogP contribution < -0.4 is 5.73 Å². The van der Waals surface area contributed by atoms with Gasteiger partial charge in [-0.25, -0.2) is 4.98 Å². The van der Waals surface area contributed by atoms with Crippen molar-refractivity contribution in [2.75, 3.05) is 0 Å². The summed E-state index contributed by atoms with van der Waals surface area (Å²) in [5.74, 6) is 1.79. The standard InChI is InChI=1S/C14H18N2OS/c1-10-6-12(7-11(2)15)8-16-14(10)18-9-13-4-3-5-17-13/h3-6,8,11H,7,9,15H2,1-2H3. The van der Waals surface area contributed by atoms with Gasteiger partial charge < -0.3 is 10.2 Å². The largest absolute Gasteiger partial charge is 0.468 e. The molecule has 1 atom stereocenters. The molecule has 0 aromatic carbocycles. The zero-order chi connectivity index (χ0) is 13.0. The minimum Gasteiger partial charge on any atom is -0.468 e. The number of nitrogens with two attached hydrogens (primary N) is 1. The lowest BCUT2D eigenvalue weighted by molar-refractivity contribution is 0.530. The van der Waals surface area contributed by atoms with Crippen LogP contribution in [0, 0.1) is 6.92 Å². The quantitative estimate of drug-likeness (QED) is 0.841. The summed E-state index contributed by atoms with van der Waals surface area (Å²) in [6.45, 7) is 4.09. The van der Waals surface area contributed by atoms with Crippen LogP contribution in [0.3, 0.4) is 0 Å². The van der Waals surface area contributed by atoms with Crippen molar-refractivity contribution in [2.45, 2.75) is 37.1 Å².